The van der Waals surface area contributed by atoms with Gasteiger partial charge in [-0.1, -0.05) is 29.9 Å². The molecular formula is C10H10ClF3N2S. The fourth-order valence-electron chi connectivity index (χ4n) is 1.26. The van der Waals surface area contributed by atoms with Gasteiger partial charge in [-0.3, -0.25) is 0 Å². The summed E-state index contributed by atoms with van der Waals surface area (Å²) < 4.78 is 35.9. The standard InChI is InChI=1S/C10H10ClF3N2S/c11-6-2-1-3-7(8(6)9(15)17)16-5-4-10(12,13)14/h1-3,16H,4-5H2,(H2,15,17). The third kappa shape index (κ3) is 4.40. The minimum absolute atomic E-state index is 0.0464. The van der Waals surface area contributed by atoms with Crippen LogP contribution in [0.2, 0.25) is 5.02 Å². The van der Waals surface area contributed by atoms with Gasteiger partial charge < -0.3 is 11.1 Å². The van der Waals surface area contributed by atoms with Crippen molar-refractivity contribution < 1.29 is 13.2 Å². The SMILES string of the molecule is NC(=S)c1c(Cl)cccc1NCCC(F)(F)F. The summed E-state index contributed by atoms with van der Waals surface area (Å²) in [5, 5.41) is 2.93. The Hall–Kier alpha value is -1.01. The topological polar surface area (TPSA) is 38.0 Å². The predicted molar refractivity (Wildman–Crippen MR) is 66.5 cm³/mol. The zero-order valence-electron chi connectivity index (χ0n) is 8.64. The highest BCUT2D eigenvalue weighted by Crippen LogP contribution is 2.25. The maximum absolute atomic E-state index is 12.0. The summed E-state index contributed by atoms with van der Waals surface area (Å²) in [5.74, 6) is 0. The Balaban J connectivity index is 2.78. The molecule has 0 aliphatic rings. The van der Waals surface area contributed by atoms with Crippen LogP contribution in [-0.2, 0) is 0 Å². The van der Waals surface area contributed by atoms with Gasteiger partial charge in [-0.05, 0) is 12.1 Å². The van der Waals surface area contributed by atoms with Gasteiger partial charge in [-0.25, -0.2) is 0 Å². The molecule has 0 aromatic heterocycles. The van der Waals surface area contributed by atoms with Crippen molar-refractivity contribution in [1.29, 1.82) is 0 Å². The fourth-order valence-corrected chi connectivity index (χ4v) is 1.81. The minimum Gasteiger partial charge on any atom is -0.389 e. The zero-order valence-corrected chi connectivity index (χ0v) is 10.2. The van der Waals surface area contributed by atoms with E-state index in [1.807, 2.05) is 0 Å². The Labute approximate surface area is 107 Å². The van der Waals surface area contributed by atoms with E-state index in [4.69, 9.17) is 29.6 Å². The Kier molecular flexibility index (Phi) is 4.59. The molecule has 0 amide bonds. The molecule has 1 rings (SSSR count). The van der Waals surface area contributed by atoms with Crippen LogP contribution < -0.4 is 11.1 Å². The first kappa shape index (κ1) is 14.1. The normalized spacial score (nSPS) is 11.3. The molecule has 94 valence electrons. The van der Waals surface area contributed by atoms with Gasteiger partial charge in [0.15, 0.2) is 0 Å². The summed E-state index contributed by atoms with van der Waals surface area (Å²) in [6.07, 6.45) is -5.13. The number of hydrogen-bond donors (Lipinski definition) is 2. The van der Waals surface area contributed by atoms with Crippen LogP contribution in [0.15, 0.2) is 18.2 Å². The second kappa shape index (κ2) is 5.55. The summed E-state index contributed by atoms with van der Waals surface area (Å²) in [6, 6.07) is 4.77. The summed E-state index contributed by atoms with van der Waals surface area (Å²) in [5.41, 5.74) is 6.24. The molecule has 7 heteroatoms. The molecule has 0 unspecified atom stereocenters. The number of alkyl halides is 3. The first-order valence-electron chi connectivity index (χ1n) is 4.70. The van der Waals surface area contributed by atoms with E-state index in [1.165, 1.54) is 0 Å². The Morgan fingerprint density at radius 2 is 2.06 bits per heavy atom. The number of halogens is 4. The molecular weight excluding hydrogens is 273 g/mol. The Bertz CT molecular complexity index is 421. The van der Waals surface area contributed by atoms with Crippen LogP contribution in [0.25, 0.3) is 0 Å². The van der Waals surface area contributed by atoms with E-state index < -0.39 is 12.6 Å². The molecule has 0 saturated carbocycles. The fraction of sp³-hybridized carbons (Fsp3) is 0.300. The third-order valence-electron chi connectivity index (χ3n) is 1.98. The molecule has 1 aromatic rings. The van der Waals surface area contributed by atoms with Crippen LogP contribution >= 0.6 is 23.8 Å². The van der Waals surface area contributed by atoms with Crippen molar-refractivity contribution in [2.45, 2.75) is 12.6 Å². The van der Waals surface area contributed by atoms with Gasteiger partial charge in [0.05, 0.1) is 17.0 Å². The number of benzene rings is 1. The molecule has 0 aliphatic carbocycles. The van der Waals surface area contributed by atoms with E-state index in [1.54, 1.807) is 18.2 Å². The van der Waals surface area contributed by atoms with Crippen molar-refractivity contribution in [3.8, 4) is 0 Å². The van der Waals surface area contributed by atoms with Crippen molar-refractivity contribution >= 4 is 34.5 Å². The van der Waals surface area contributed by atoms with E-state index in [0.717, 1.165) is 0 Å². The first-order chi connectivity index (χ1) is 7.81. The number of nitrogens with one attached hydrogen (secondary N) is 1. The van der Waals surface area contributed by atoms with E-state index in [2.05, 4.69) is 5.32 Å². The number of rotatable bonds is 4. The number of nitrogens with two attached hydrogens (primary N) is 1. The van der Waals surface area contributed by atoms with Crippen molar-refractivity contribution in [2.75, 3.05) is 11.9 Å². The minimum atomic E-state index is -4.20. The molecule has 0 heterocycles. The summed E-state index contributed by atoms with van der Waals surface area (Å²) >= 11 is 10.7. The number of thiocarbonyl (C=S) groups is 1. The molecule has 0 aliphatic heterocycles. The lowest BCUT2D eigenvalue weighted by atomic mass is 10.1. The maximum atomic E-state index is 12.0. The average Bonchev–Trinajstić information content (AvgIpc) is 2.14. The lowest BCUT2D eigenvalue weighted by Crippen LogP contribution is -2.18. The van der Waals surface area contributed by atoms with Crippen LogP contribution in [0.3, 0.4) is 0 Å². The highest BCUT2D eigenvalue weighted by Gasteiger charge is 2.26. The molecule has 17 heavy (non-hydrogen) atoms. The lowest BCUT2D eigenvalue weighted by Gasteiger charge is -2.13. The van der Waals surface area contributed by atoms with E-state index in [0.29, 0.717) is 16.3 Å². The molecule has 0 atom stereocenters. The largest absolute Gasteiger partial charge is 0.390 e. The van der Waals surface area contributed by atoms with E-state index >= 15 is 0 Å². The zero-order chi connectivity index (χ0) is 13.1. The second-order valence-electron chi connectivity index (χ2n) is 3.32. The highest BCUT2D eigenvalue weighted by atomic mass is 35.5. The van der Waals surface area contributed by atoms with Gasteiger partial charge >= 0.3 is 6.18 Å². The number of anilines is 1. The lowest BCUT2D eigenvalue weighted by molar-refractivity contribution is -0.131. The van der Waals surface area contributed by atoms with Crippen LogP contribution in [-0.4, -0.2) is 17.7 Å². The second-order valence-corrected chi connectivity index (χ2v) is 4.17. The quantitative estimate of drug-likeness (QED) is 0.832. The van der Waals surface area contributed by atoms with Crippen LogP contribution in [0.1, 0.15) is 12.0 Å². The molecule has 0 spiro atoms. The summed E-state index contributed by atoms with van der Waals surface area (Å²) in [6.45, 7) is -0.251. The van der Waals surface area contributed by atoms with Crippen LogP contribution in [0.5, 0.6) is 0 Å². The van der Waals surface area contributed by atoms with Crippen molar-refractivity contribution in [2.24, 2.45) is 5.73 Å². The molecule has 2 nitrogen and oxygen atoms in total. The molecule has 0 radical (unpaired) electrons. The summed E-state index contributed by atoms with van der Waals surface area (Å²) in [4.78, 5) is 0.0464. The van der Waals surface area contributed by atoms with Crippen molar-refractivity contribution in [3.63, 3.8) is 0 Å². The number of hydrogen-bond acceptors (Lipinski definition) is 2. The van der Waals surface area contributed by atoms with Gasteiger partial charge in [0.1, 0.15) is 4.99 Å². The van der Waals surface area contributed by atoms with Gasteiger partial charge in [0.25, 0.3) is 0 Å². The van der Waals surface area contributed by atoms with Crippen LogP contribution in [0.4, 0.5) is 18.9 Å². The third-order valence-corrected chi connectivity index (χ3v) is 2.50. The van der Waals surface area contributed by atoms with Gasteiger partial charge in [0, 0.05) is 12.2 Å². The molecule has 0 saturated heterocycles. The predicted octanol–water partition coefficient (Wildman–Crippen LogP) is 3.34. The Morgan fingerprint density at radius 3 is 2.59 bits per heavy atom. The molecule has 1 aromatic carbocycles. The molecule has 3 N–H and O–H groups in total. The van der Waals surface area contributed by atoms with E-state index in [-0.39, 0.29) is 11.5 Å². The van der Waals surface area contributed by atoms with Gasteiger partial charge in [-0.2, -0.15) is 13.2 Å². The molecule has 0 fully saturated rings. The average molecular weight is 283 g/mol. The van der Waals surface area contributed by atoms with E-state index in [9.17, 15) is 13.2 Å². The summed E-state index contributed by atoms with van der Waals surface area (Å²) in [7, 11) is 0. The highest BCUT2D eigenvalue weighted by molar-refractivity contribution is 7.80. The van der Waals surface area contributed by atoms with Crippen molar-refractivity contribution in [3.05, 3.63) is 28.8 Å². The maximum Gasteiger partial charge on any atom is 0.390 e. The monoisotopic (exact) mass is 282 g/mol. The first-order valence-corrected chi connectivity index (χ1v) is 5.49. The Morgan fingerprint density at radius 1 is 1.41 bits per heavy atom. The van der Waals surface area contributed by atoms with Gasteiger partial charge in [-0.15, -0.1) is 0 Å². The smallest absolute Gasteiger partial charge is 0.389 e. The van der Waals surface area contributed by atoms with Crippen molar-refractivity contribution in [1.82, 2.24) is 0 Å². The van der Waals surface area contributed by atoms with Gasteiger partial charge in [0.2, 0.25) is 0 Å². The van der Waals surface area contributed by atoms with Crippen LogP contribution in [0, 0.1) is 0 Å². The molecule has 0 bridgehead atoms.